The second-order valence-electron chi connectivity index (χ2n) is 5.99. The van der Waals surface area contributed by atoms with E-state index in [1.807, 2.05) is 36.4 Å². The van der Waals surface area contributed by atoms with E-state index in [0.717, 1.165) is 0 Å². The van der Waals surface area contributed by atoms with Gasteiger partial charge in [0.2, 0.25) is 0 Å². The standard InChI is InChI=1S/C21H18ClO3P/c22-17-13-11-16(12-14-17)20(15-21(23)24)26(25,18-7-3-1-4-8-18)19-9-5-2-6-10-19/h1-14,20H,15H2,(H,23,24)/t20-/m0/s1. The van der Waals surface area contributed by atoms with Gasteiger partial charge in [-0.15, -0.1) is 0 Å². The summed E-state index contributed by atoms with van der Waals surface area (Å²) in [6.45, 7) is 0. The fourth-order valence-corrected chi connectivity index (χ4v) is 6.49. The molecule has 0 aromatic heterocycles. The van der Waals surface area contributed by atoms with Gasteiger partial charge in [0, 0.05) is 15.6 Å². The van der Waals surface area contributed by atoms with Crippen LogP contribution in [0.25, 0.3) is 0 Å². The van der Waals surface area contributed by atoms with E-state index in [-0.39, 0.29) is 6.42 Å². The van der Waals surface area contributed by atoms with Crippen molar-refractivity contribution in [2.45, 2.75) is 12.1 Å². The highest BCUT2D eigenvalue weighted by Gasteiger charge is 2.38. The van der Waals surface area contributed by atoms with E-state index in [0.29, 0.717) is 21.2 Å². The number of hydrogen-bond acceptors (Lipinski definition) is 2. The van der Waals surface area contributed by atoms with Crippen LogP contribution in [0.1, 0.15) is 17.6 Å². The minimum absolute atomic E-state index is 0.233. The van der Waals surface area contributed by atoms with E-state index in [2.05, 4.69) is 0 Å². The Balaban J connectivity index is 2.24. The van der Waals surface area contributed by atoms with Gasteiger partial charge in [0.25, 0.3) is 0 Å². The van der Waals surface area contributed by atoms with Crippen molar-refractivity contribution in [2.75, 3.05) is 0 Å². The van der Waals surface area contributed by atoms with Gasteiger partial charge in [0.05, 0.1) is 12.1 Å². The molecular weight excluding hydrogens is 367 g/mol. The number of carboxylic acid groups (broad SMARTS) is 1. The Hall–Kier alpha value is -2.35. The Morgan fingerprint density at radius 3 is 1.73 bits per heavy atom. The number of halogens is 1. The molecule has 26 heavy (non-hydrogen) atoms. The second kappa shape index (κ2) is 7.90. The fraction of sp³-hybridized carbons (Fsp3) is 0.0952. The van der Waals surface area contributed by atoms with Crippen LogP contribution in [0, 0.1) is 0 Å². The van der Waals surface area contributed by atoms with Gasteiger partial charge >= 0.3 is 5.97 Å². The molecule has 3 aromatic rings. The van der Waals surface area contributed by atoms with Gasteiger partial charge in [0.1, 0.15) is 0 Å². The lowest BCUT2D eigenvalue weighted by Gasteiger charge is -2.28. The van der Waals surface area contributed by atoms with E-state index in [4.69, 9.17) is 11.6 Å². The SMILES string of the molecule is O=C(O)C[C@@H](c1ccc(Cl)cc1)P(=O)(c1ccccc1)c1ccccc1. The maximum atomic E-state index is 14.4. The van der Waals surface area contributed by atoms with E-state index in [9.17, 15) is 14.5 Å². The van der Waals surface area contributed by atoms with E-state index < -0.39 is 18.8 Å². The Bertz CT molecular complexity index is 881. The van der Waals surface area contributed by atoms with Gasteiger partial charge in [-0.05, 0) is 17.7 Å². The average Bonchev–Trinajstić information content (AvgIpc) is 2.67. The molecule has 0 aliphatic carbocycles. The monoisotopic (exact) mass is 384 g/mol. The lowest BCUT2D eigenvalue weighted by molar-refractivity contribution is -0.137. The molecule has 5 heteroatoms. The van der Waals surface area contributed by atoms with Crippen LogP contribution >= 0.6 is 18.7 Å². The van der Waals surface area contributed by atoms with Crippen LogP contribution in [-0.2, 0) is 9.36 Å². The topological polar surface area (TPSA) is 54.4 Å². The number of rotatable bonds is 6. The molecule has 3 nitrogen and oxygen atoms in total. The molecule has 0 saturated heterocycles. The normalized spacial score (nSPS) is 12.5. The minimum atomic E-state index is -3.25. The van der Waals surface area contributed by atoms with Gasteiger partial charge < -0.3 is 9.67 Å². The summed E-state index contributed by atoms with van der Waals surface area (Å²) in [5.74, 6) is -0.989. The highest BCUT2D eigenvalue weighted by atomic mass is 35.5. The van der Waals surface area contributed by atoms with Crippen molar-refractivity contribution in [1.82, 2.24) is 0 Å². The molecule has 0 aliphatic heterocycles. The molecule has 0 saturated carbocycles. The molecule has 0 unspecified atom stereocenters. The molecule has 0 amide bonds. The Kier molecular flexibility index (Phi) is 5.61. The lowest BCUT2D eigenvalue weighted by atomic mass is 10.1. The maximum Gasteiger partial charge on any atom is 0.304 e. The third-order valence-corrected chi connectivity index (χ3v) is 8.08. The predicted molar refractivity (Wildman–Crippen MR) is 106 cm³/mol. The summed E-state index contributed by atoms with van der Waals surface area (Å²) < 4.78 is 14.4. The first-order valence-corrected chi connectivity index (χ1v) is 10.4. The van der Waals surface area contributed by atoms with Crippen LogP contribution < -0.4 is 10.6 Å². The van der Waals surface area contributed by atoms with E-state index >= 15 is 0 Å². The molecule has 0 spiro atoms. The average molecular weight is 385 g/mol. The molecule has 132 valence electrons. The zero-order valence-corrected chi connectivity index (χ0v) is 15.6. The van der Waals surface area contributed by atoms with Crippen LogP contribution in [-0.4, -0.2) is 11.1 Å². The molecular formula is C21H18ClO3P. The third-order valence-electron chi connectivity index (χ3n) is 4.34. The van der Waals surface area contributed by atoms with Crippen molar-refractivity contribution in [3.05, 3.63) is 95.5 Å². The minimum Gasteiger partial charge on any atom is -0.481 e. The van der Waals surface area contributed by atoms with Crippen LogP contribution in [0.4, 0.5) is 0 Å². The highest BCUT2D eigenvalue weighted by molar-refractivity contribution is 7.79. The van der Waals surface area contributed by atoms with Gasteiger partial charge in [-0.25, -0.2) is 0 Å². The second-order valence-corrected chi connectivity index (χ2v) is 9.40. The van der Waals surface area contributed by atoms with Crippen molar-refractivity contribution in [3.8, 4) is 0 Å². The molecule has 0 bridgehead atoms. The summed E-state index contributed by atoms with van der Waals surface area (Å²) in [4.78, 5) is 11.6. The Labute approximate surface area is 157 Å². The zero-order chi connectivity index (χ0) is 18.6. The molecule has 0 fully saturated rings. The van der Waals surface area contributed by atoms with E-state index in [1.165, 1.54) is 0 Å². The highest BCUT2D eigenvalue weighted by Crippen LogP contribution is 2.58. The molecule has 0 aliphatic rings. The van der Waals surface area contributed by atoms with Crippen LogP contribution in [0.15, 0.2) is 84.9 Å². The summed E-state index contributed by atoms with van der Waals surface area (Å²) in [6.07, 6.45) is -0.233. The lowest BCUT2D eigenvalue weighted by Crippen LogP contribution is -2.23. The van der Waals surface area contributed by atoms with Crippen molar-refractivity contribution >= 4 is 35.3 Å². The van der Waals surface area contributed by atoms with Crippen molar-refractivity contribution < 1.29 is 14.5 Å². The van der Waals surface area contributed by atoms with Crippen LogP contribution in [0.2, 0.25) is 5.02 Å². The van der Waals surface area contributed by atoms with Gasteiger partial charge in [-0.1, -0.05) is 84.4 Å². The van der Waals surface area contributed by atoms with Gasteiger partial charge in [-0.3, -0.25) is 4.79 Å². The first-order chi connectivity index (χ1) is 12.5. The third kappa shape index (κ3) is 3.75. The van der Waals surface area contributed by atoms with Crippen LogP contribution in [0.5, 0.6) is 0 Å². The first-order valence-electron chi connectivity index (χ1n) is 8.20. The number of hydrogen-bond donors (Lipinski definition) is 1. The summed E-state index contributed by atoms with van der Waals surface area (Å²) in [5, 5.41) is 11.4. The number of aliphatic carboxylic acids is 1. The Morgan fingerprint density at radius 2 is 1.31 bits per heavy atom. The fourth-order valence-electron chi connectivity index (χ4n) is 3.11. The Morgan fingerprint density at radius 1 is 0.846 bits per heavy atom. The van der Waals surface area contributed by atoms with Crippen LogP contribution in [0.3, 0.4) is 0 Å². The quantitative estimate of drug-likeness (QED) is 0.617. The van der Waals surface area contributed by atoms with Crippen molar-refractivity contribution in [2.24, 2.45) is 0 Å². The van der Waals surface area contributed by atoms with Crippen molar-refractivity contribution in [3.63, 3.8) is 0 Å². The molecule has 3 aromatic carbocycles. The van der Waals surface area contributed by atoms with E-state index in [1.54, 1.807) is 48.5 Å². The maximum absolute atomic E-state index is 14.4. The summed E-state index contributed by atoms with van der Waals surface area (Å²) in [7, 11) is -3.25. The zero-order valence-electron chi connectivity index (χ0n) is 14.0. The largest absolute Gasteiger partial charge is 0.481 e. The summed E-state index contributed by atoms with van der Waals surface area (Å²) in [5.41, 5.74) is 0.0231. The van der Waals surface area contributed by atoms with Gasteiger partial charge in [-0.2, -0.15) is 0 Å². The molecule has 1 N–H and O–H groups in total. The summed E-state index contributed by atoms with van der Waals surface area (Å²) in [6, 6.07) is 25.1. The van der Waals surface area contributed by atoms with Gasteiger partial charge in [0.15, 0.2) is 7.14 Å². The summed E-state index contributed by atoms with van der Waals surface area (Å²) >= 11 is 5.98. The molecule has 0 heterocycles. The number of carboxylic acids is 1. The molecule has 3 rings (SSSR count). The molecule has 0 radical (unpaired) electrons. The van der Waals surface area contributed by atoms with Crippen molar-refractivity contribution in [1.29, 1.82) is 0 Å². The number of carbonyl (C=O) groups is 1. The first kappa shape index (κ1) is 18.4. The predicted octanol–water partition coefficient (Wildman–Crippen LogP) is 4.87. The number of benzene rings is 3. The molecule has 1 atom stereocenters. The smallest absolute Gasteiger partial charge is 0.304 e.